The molecular formula is C8H9MgNO2+2. The molecule has 58 valence electrons. The van der Waals surface area contributed by atoms with Crippen molar-refractivity contribution in [3.63, 3.8) is 0 Å². The summed E-state index contributed by atoms with van der Waals surface area (Å²) in [6, 6.07) is 0. The van der Waals surface area contributed by atoms with Crippen molar-refractivity contribution >= 4 is 34.9 Å². The fourth-order valence-corrected chi connectivity index (χ4v) is 1.69. The second-order valence-electron chi connectivity index (χ2n) is 2.99. The molecule has 0 aromatic rings. The molecule has 2 aliphatic rings. The summed E-state index contributed by atoms with van der Waals surface area (Å²) >= 11 is 0. The van der Waals surface area contributed by atoms with Gasteiger partial charge in [-0.3, -0.25) is 14.9 Å². The van der Waals surface area contributed by atoms with Crippen LogP contribution in [-0.2, 0) is 9.59 Å². The number of amides is 2. The molecule has 3 nitrogen and oxygen atoms in total. The fourth-order valence-electron chi connectivity index (χ4n) is 1.69. The molecular weight excluding hydrogens is 166 g/mol. The zero-order valence-corrected chi connectivity index (χ0v) is 8.16. The van der Waals surface area contributed by atoms with Crippen LogP contribution in [0.3, 0.4) is 0 Å². The second-order valence-corrected chi connectivity index (χ2v) is 2.99. The summed E-state index contributed by atoms with van der Waals surface area (Å²) in [6.07, 6.45) is 5.55. The molecule has 0 aromatic heterocycles. The van der Waals surface area contributed by atoms with E-state index in [0.717, 1.165) is 12.8 Å². The van der Waals surface area contributed by atoms with Gasteiger partial charge in [-0.1, -0.05) is 12.2 Å². The SMILES string of the molecule is O=C1NC(=O)C2CCC=CC12.[Mg+2]. The van der Waals surface area contributed by atoms with Crippen molar-refractivity contribution in [2.75, 3.05) is 0 Å². The molecule has 1 N–H and O–H groups in total. The number of hydrogen-bond acceptors (Lipinski definition) is 2. The van der Waals surface area contributed by atoms with Crippen molar-refractivity contribution in [1.29, 1.82) is 0 Å². The van der Waals surface area contributed by atoms with Crippen molar-refractivity contribution in [3.8, 4) is 0 Å². The predicted octanol–water partition coefficient (Wildman–Crippen LogP) is -0.156. The van der Waals surface area contributed by atoms with Crippen LogP contribution in [0.1, 0.15) is 12.8 Å². The van der Waals surface area contributed by atoms with Crippen molar-refractivity contribution in [1.82, 2.24) is 5.32 Å². The molecule has 2 amide bonds. The average Bonchev–Trinajstić information content (AvgIpc) is 2.30. The Morgan fingerprint density at radius 3 is 2.75 bits per heavy atom. The van der Waals surface area contributed by atoms with Gasteiger partial charge < -0.3 is 0 Å². The van der Waals surface area contributed by atoms with E-state index in [1.807, 2.05) is 12.2 Å². The fraction of sp³-hybridized carbons (Fsp3) is 0.500. The number of allylic oxidation sites excluding steroid dienone is 1. The van der Waals surface area contributed by atoms with Crippen molar-refractivity contribution < 1.29 is 9.59 Å². The van der Waals surface area contributed by atoms with Crippen molar-refractivity contribution in [2.24, 2.45) is 11.8 Å². The monoisotopic (exact) mass is 175 g/mol. The molecule has 2 rings (SSSR count). The zero-order chi connectivity index (χ0) is 7.84. The number of fused-ring (bicyclic) bond motifs is 1. The third-order valence-corrected chi connectivity index (χ3v) is 2.31. The van der Waals surface area contributed by atoms with E-state index in [1.54, 1.807) is 0 Å². The van der Waals surface area contributed by atoms with Gasteiger partial charge in [0, 0.05) is 0 Å². The minimum absolute atomic E-state index is 0. The molecule has 0 radical (unpaired) electrons. The number of imide groups is 1. The molecule has 0 aromatic carbocycles. The van der Waals surface area contributed by atoms with Crippen LogP contribution < -0.4 is 5.32 Å². The summed E-state index contributed by atoms with van der Waals surface area (Å²) in [4.78, 5) is 22.1. The van der Waals surface area contributed by atoms with Gasteiger partial charge in [-0.2, -0.15) is 0 Å². The summed E-state index contributed by atoms with van der Waals surface area (Å²) in [6.45, 7) is 0. The zero-order valence-electron chi connectivity index (χ0n) is 6.75. The first-order valence-corrected chi connectivity index (χ1v) is 3.80. The first kappa shape index (κ1) is 9.73. The predicted molar refractivity (Wildman–Crippen MR) is 44.3 cm³/mol. The van der Waals surface area contributed by atoms with Crippen molar-refractivity contribution in [2.45, 2.75) is 12.8 Å². The van der Waals surface area contributed by atoms with Gasteiger partial charge in [0.15, 0.2) is 0 Å². The molecule has 0 spiro atoms. The summed E-state index contributed by atoms with van der Waals surface area (Å²) in [5, 5.41) is 2.33. The number of carbonyl (C=O) groups is 2. The van der Waals surface area contributed by atoms with E-state index in [-0.39, 0.29) is 46.7 Å². The van der Waals surface area contributed by atoms with Crippen LogP contribution in [0.4, 0.5) is 0 Å². The van der Waals surface area contributed by atoms with Crippen LogP contribution in [0, 0.1) is 11.8 Å². The van der Waals surface area contributed by atoms with E-state index < -0.39 is 0 Å². The molecule has 4 heteroatoms. The maximum Gasteiger partial charge on any atom is 2.00 e. The molecule has 0 bridgehead atoms. The van der Waals surface area contributed by atoms with Gasteiger partial charge in [-0.15, -0.1) is 0 Å². The van der Waals surface area contributed by atoms with E-state index in [2.05, 4.69) is 5.32 Å². The Labute approximate surface area is 86.7 Å². The Morgan fingerprint density at radius 1 is 1.33 bits per heavy atom. The summed E-state index contributed by atoms with van der Waals surface area (Å²) in [5.41, 5.74) is 0. The number of carbonyl (C=O) groups excluding carboxylic acids is 2. The Hall–Kier alpha value is -0.354. The van der Waals surface area contributed by atoms with Crippen LogP contribution >= 0.6 is 0 Å². The van der Waals surface area contributed by atoms with Crippen LogP contribution in [0.5, 0.6) is 0 Å². The molecule has 2 atom stereocenters. The maximum absolute atomic E-state index is 11.1. The topological polar surface area (TPSA) is 46.2 Å². The van der Waals surface area contributed by atoms with Gasteiger partial charge in [0.2, 0.25) is 11.8 Å². The normalized spacial score (nSPS) is 32.3. The van der Waals surface area contributed by atoms with E-state index in [4.69, 9.17) is 0 Å². The van der Waals surface area contributed by atoms with E-state index in [1.165, 1.54) is 0 Å². The molecule has 1 heterocycles. The smallest absolute Gasteiger partial charge is 0.296 e. The van der Waals surface area contributed by atoms with Gasteiger partial charge in [0.25, 0.3) is 0 Å². The van der Waals surface area contributed by atoms with Crippen LogP contribution in [-0.4, -0.2) is 34.9 Å². The first-order valence-electron chi connectivity index (χ1n) is 3.80. The number of hydrogen-bond donors (Lipinski definition) is 1. The van der Waals surface area contributed by atoms with Gasteiger partial charge in [0.1, 0.15) is 0 Å². The maximum atomic E-state index is 11.1. The molecule has 1 aliphatic carbocycles. The first-order chi connectivity index (χ1) is 5.29. The molecule has 2 unspecified atom stereocenters. The molecule has 1 saturated heterocycles. The third-order valence-electron chi connectivity index (χ3n) is 2.31. The Bertz CT molecular complexity index is 249. The van der Waals surface area contributed by atoms with Gasteiger partial charge in [-0.05, 0) is 12.8 Å². The number of nitrogens with one attached hydrogen (secondary N) is 1. The molecule has 0 saturated carbocycles. The second kappa shape index (κ2) is 3.58. The van der Waals surface area contributed by atoms with Crippen LogP contribution in [0.15, 0.2) is 12.2 Å². The van der Waals surface area contributed by atoms with Gasteiger partial charge in [-0.25, -0.2) is 0 Å². The Morgan fingerprint density at radius 2 is 2.08 bits per heavy atom. The van der Waals surface area contributed by atoms with E-state index in [9.17, 15) is 9.59 Å². The third kappa shape index (κ3) is 1.41. The minimum Gasteiger partial charge on any atom is -0.296 e. The summed E-state index contributed by atoms with van der Waals surface area (Å²) in [5.74, 6) is -0.468. The van der Waals surface area contributed by atoms with Gasteiger partial charge >= 0.3 is 23.1 Å². The van der Waals surface area contributed by atoms with Crippen LogP contribution in [0.25, 0.3) is 0 Å². The number of rotatable bonds is 0. The quantitative estimate of drug-likeness (QED) is 0.316. The van der Waals surface area contributed by atoms with E-state index >= 15 is 0 Å². The van der Waals surface area contributed by atoms with Gasteiger partial charge in [0.05, 0.1) is 11.8 Å². The average molecular weight is 175 g/mol. The summed E-state index contributed by atoms with van der Waals surface area (Å²) in [7, 11) is 0. The van der Waals surface area contributed by atoms with Crippen molar-refractivity contribution in [3.05, 3.63) is 12.2 Å². The van der Waals surface area contributed by atoms with E-state index in [0.29, 0.717) is 0 Å². The molecule has 1 fully saturated rings. The molecule has 1 aliphatic heterocycles. The largest absolute Gasteiger partial charge is 2.00 e. The molecule has 12 heavy (non-hydrogen) atoms. The minimum atomic E-state index is -0.170. The summed E-state index contributed by atoms with van der Waals surface area (Å²) < 4.78 is 0. The van der Waals surface area contributed by atoms with Crippen LogP contribution in [0.2, 0.25) is 0 Å². The Balaban J connectivity index is 0.000000720. The Kier molecular flexibility index (Phi) is 2.90. The standard InChI is InChI=1S/C8H9NO2.Mg/c10-7-5-3-1-2-4-6(5)8(11)9-7;/h1,3,5-6H,2,4H2,(H,9,10,11);/q;+2.